The molecule has 14 heavy (non-hydrogen) atoms. The van der Waals surface area contributed by atoms with Crippen molar-refractivity contribution in [1.82, 2.24) is 9.55 Å². The molecule has 0 aromatic carbocycles. The average Bonchev–Trinajstić information content (AvgIpc) is 2.33. The molecule has 0 atom stereocenters. The first-order valence-corrected chi connectivity index (χ1v) is 3.62. The Balaban J connectivity index is 0.000000980. The van der Waals surface area contributed by atoms with Crippen LogP contribution in [0.1, 0.15) is 6.93 Å². The molecule has 0 fully saturated rings. The van der Waals surface area contributed by atoms with Crippen molar-refractivity contribution >= 4 is 11.0 Å². The summed E-state index contributed by atoms with van der Waals surface area (Å²) in [6.45, 7) is 1.85. The number of aromatic nitrogens is 2. The van der Waals surface area contributed by atoms with E-state index >= 15 is 0 Å². The van der Waals surface area contributed by atoms with Gasteiger partial charge in [-0.25, -0.2) is 0 Å². The van der Waals surface area contributed by atoms with Gasteiger partial charge in [0.15, 0.2) is 5.56 Å². The molecule has 5 heteroatoms. The average molecular weight is 435 g/mol. The van der Waals surface area contributed by atoms with Crippen molar-refractivity contribution in [2.45, 2.75) is 6.92 Å². The minimum Gasteiger partial charge on any atom is -0.371 e. The van der Waals surface area contributed by atoms with Crippen LogP contribution in [0.3, 0.4) is 0 Å². The molecule has 0 bridgehead atoms. The third-order valence-electron chi connectivity index (χ3n) is 1.92. The fourth-order valence-corrected chi connectivity index (χ4v) is 1.18. The molecule has 0 N–H and O–H groups in total. The number of nitrogens with zero attached hydrogens (tertiary/aromatic N) is 2. The van der Waals surface area contributed by atoms with Crippen molar-refractivity contribution < 1.29 is 55.1 Å². The fraction of sp³-hybridized carbons (Fsp3) is 0.222. The van der Waals surface area contributed by atoms with E-state index in [-0.39, 0.29) is 65.4 Å². The molecule has 71 valence electrons. The number of fused-ring (bicyclic) bond motifs is 1. The third kappa shape index (κ3) is 2.26. The molecule has 0 unspecified atom stereocenters. The van der Waals surface area contributed by atoms with Crippen LogP contribution >= 0.6 is 0 Å². The molecule has 0 aliphatic heterocycles. The van der Waals surface area contributed by atoms with E-state index in [1.165, 1.54) is 4.57 Å². The van der Waals surface area contributed by atoms with Gasteiger partial charge in [0.25, 0.3) is 0 Å². The van der Waals surface area contributed by atoms with E-state index in [1.54, 1.807) is 13.1 Å². The van der Waals surface area contributed by atoms with Crippen molar-refractivity contribution in [2.24, 2.45) is 7.05 Å². The van der Waals surface area contributed by atoms with Crippen LogP contribution in [0, 0.1) is 13.1 Å². The van der Waals surface area contributed by atoms with E-state index in [0.717, 1.165) is 5.56 Å². The SMILES string of the molecule is [3H][c-]1c(=O)n(C)c2n[c-]cc(C)c21.[W].[Y]. The number of rotatable bonds is 0. The van der Waals surface area contributed by atoms with Crippen molar-refractivity contribution in [3.63, 3.8) is 0 Å². The van der Waals surface area contributed by atoms with Crippen molar-refractivity contribution in [2.75, 3.05) is 0 Å². The van der Waals surface area contributed by atoms with Gasteiger partial charge in [0, 0.05) is 66.5 Å². The smallest absolute Gasteiger partial charge is 0.186 e. The topological polar surface area (TPSA) is 34.9 Å². The molecule has 0 aliphatic rings. The first-order chi connectivity index (χ1) is 6.13. The maximum Gasteiger partial charge on any atom is 0.186 e. The molecule has 2 heterocycles. The predicted octanol–water partition coefficient (Wildman–Crippen LogP) is 0.756. The minimum atomic E-state index is -0.301. The van der Waals surface area contributed by atoms with Gasteiger partial charge in [-0.2, -0.15) is 11.6 Å². The minimum absolute atomic E-state index is 0. The van der Waals surface area contributed by atoms with Gasteiger partial charge in [0.1, 0.15) is 0 Å². The molecule has 0 aliphatic carbocycles. The van der Waals surface area contributed by atoms with Crippen LogP contribution in [-0.2, 0) is 60.8 Å². The molecule has 2 rings (SSSR count). The second-order valence-corrected chi connectivity index (χ2v) is 2.76. The Bertz CT molecular complexity index is 535. The van der Waals surface area contributed by atoms with E-state index in [1.807, 2.05) is 6.92 Å². The van der Waals surface area contributed by atoms with Crippen LogP contribution in [0.5, 0.6) is 0 Å². The molecular weight excluding hydrogens is 425 g/mol. The van der Waals surface area contributed by atoms with Crippen molar-refractivity contribution in [3.05, 3.63) is 34.2 Å². The van der Waals surface area contributed by atoms with Crippen LogP contribution < -0.4 is 5.56 Å². The molecule has 2 aromatic rings. The van der Waals surface area contributed by atoms with Gasteiger partial charge >= 0.3 is 0 Å². The summed E-state index contributed by atoms with van der Waals surface area (Å²) in [6.07, 6.45) is 2.69. The Morgan fingerprint density at radius 2 is 2.36 bits per heavy atom. The molecule has 2 aromatic heterocycles. The monoisotopic (exact) mass is 435 g/mol. The summed E-state index contributed by atoms with van der Waals surface area (Å²) in [5, 5.41) is 0.631. The maximum absolute atomic E-state index is 11.4. The number of hydrogen-bond donors (Lipinski definition) is 0. The molecular formula is C9H8N2OWY-2. The largest absolute Gasteiger partial charge is 0.371 e. The molecule has 1 radical (unpaired) electrons. The van der Waals surface area contributed by atoms with Crippen LogP contribution in [0.4, 0.5) is 0 Å². The zero-order chi connectivity index (χ0) is 9.59. The zero-order valence-corrected chi connectivity index (χ0v) is 13.6. The Labute approximate surface area is 123 Å². The fourth-order valence-electron chi connectivity index (χ4n) is 1.18. The quantitative estimate of drug-likeness (QED) is 0.574. The van der Waals surface area contributed by atoms with Crippen LogP contribution in [0.15, 0.2) is 16.9 Å². The van der Waals surface area contributed by atoms with E-state index in [2.05, 4.69) is 11.2 Å². The Hall–Kier alpha value is 0.282. The Morgan fingerprint density at radius 3 is 2.93 bits per heavy atom. The predicted molar refractivity (Wildman–Crippen MR) is 46.2 cm³/mol. The van der Waals surface area contributed by atoms with E-state index in [0.29, 0.717) is 11.0 Å². The summed E-state index contributed by atoms with van der Waals surface area (Å²) in [7, 11) is 1.61. The summed E-state index contributed by atoms with van der Waals surface area (Å²) >= 11 is 0. The summed E-state index contributed by atoms with van der Waals surface area (Å²) in [4.78, 5) is 15.3. The van der Waals surface area contributed by atoms with E-state index < -0.39 is 0 Å². The Morgan fingerprint density at radius 1 is 1.71 bits per heavy atom. The van der Waals surface area contributed by atoms with Crippen molar-refractivity contribution in [3.8, 4) is 0 Å². The van der Waals surface area contributed by atoms with Crippen LogP contribution in [0.2, 0.25) is 0 Å². The molecule has 0 saturated heterocycles. The number of aryl methyl sites for hydroxylation is 2. The van der Waals surface area contributed by atoms with Gasteiger partial charge in [0.2, 0.25) is 0 Å². The summed E-state index contributed by atoms with van der Waals surface area (Å²) in [6, 6.07) is 1.70. The molecule has 0 spiro atoms. The van der Waals surface area contributed by atoms with Gasteiger partial charge in [-0.1, -0.05) is 19.2 Å². The molecule has 0 amide bonds. The van der Waals surface area contributed by atoms with Gasteiger partial charge in [0.05, 0.1) is 0 Å². The van der Waals surface area contributed by atoms with E-state index in [4.69, 9.17) is 1.37 Å². The van der Waals surface area contributed by atoms with Gasteiger partial charge in [-0.3, -0.25) is 4.79 Å². The molecule has 3 nitrogen and oxygen atoms in total. The first kappa shape index (κ1) is 12.4. The first-order valence-electron chi connectivity index (χ1n) is 4.12. The number of pyridine rings is 1. The number of hydrogen-bond acceptors (Lipinski definition) is 2. The van der Waals surface area contributed by atoms with Gasteiger partial charge in [-0.05, 0) is 1.37 Å². The van der Waals surface area contributed by atoms with Gasteiger partial charge < -0.3 is 9.55 Å². The second-order valence-electron chi connectivity index (χ2n) is 2.76. The van der Waals surface area contributed by atoms with Gasteiger partial charge in [-0.15, -0.1) is 5.39 Å². The molecule has 0 saturated carbocycles. The standard InChI is InChI=1S/C9H8N2O.W.Y/c1-6-3-4-10-9-7(6)5-8(12)11(9)2;;/h3,5H,1-2H3;;/q-2;;/i5T;;. The Kier molecular flexibility index (Phi) is 4.75. The third-order valence-corrected chi connectivity index (χ3v) is 1.92. The normalized spacial score (nSPS) is 10.3. The van der Waals surface area contributed by atoms with E-state index in [9.17, 15) is 4.79 Å². The van der Waals surface area contributed by atoms with Crippen LogP contribution in [-0.4, -0.2) is 9.55 Å². The summed E-state index contributed by atoms with van der Waals surface area (Å²) < 4.78 is 8.94. The summed E-state index contributed by atoms with van der Waals surface area (Å²) in [5.74, 6) is 0. The second kappa shape index (κ2) is 5.39. The maximum atomic E-state index is 11.4. The zero-order valence-electron chi connectivity index (χ0n) is 8.87. The summed E-state index contributed by atoms with van der Waals surface area (Å²) in [5.41, 5.74) is 1.10. The van der Waals surface area contributed by atoms with Crippen LogP contribution in [0.25, 0.3) is 11.0 Å². The van der Waals surface area contributed by atoms with Crippen molar-refractivity contribution in [1.29, 1.82) is 0 Å².